The third-order valence-electron chi connectivity index (χ3n) is 3.87. The molecule has 96 valence electrons. The summed E-state index contributed by atoms with van der Waals surface area (Å²) in [5.41, 5.74) is 0. The van der Waals surface area contributed by atoms with E-state index >= 15 is 0 Å². The zero-order valence-electron chi connectivity index (χ0n) is 10.6. The van der Waals surface area contributed by atoms with Crippen LogP contribution < -0.4 is 10.6 Å². The fourth-order valence-electron chi connectivity index (χ4n) is 2.76. The lowest BCUT2D eigenvalue weighted by Crippen LogP contribution is -2.44. The maximum Gasteiger partial charge on any atom is 0.315 e. The van der Waals surface area contributed by atoms with Crippen LogP contribution in [0, 0.1) is 5.92 Å². The lowest BCUT2D eigenvalue weighted by atomic mass is 9.94. The first kappa shape index (κ1) is 12.5. The van der Waals surface area contributed by atoms with Gasteiger partial charge in [0.2, 0.25) is 0 Å². The predicted molar refractivity (Wildman–Crippen MR) is 69.9 cm³/mol. The molecule has 1 atom stereocenters. The van der Waals surface area contributed by atoms with Crippen molar-refractivity contribution in [3.05, 3.63) is 12.2 Å². The summed E-state index contributed by atoms with van der Waals surface area (Å²) in [7, 11) is 0. The minimum Gasteiger partial charge on any atom is -0.338 e. The molecular formula is C14H24N2O. The predicted octanol–water partition coefficient (Wildman–Crippen LogP) is 2.97. The SMILES string of the molecule is O=C(NCC1CC=CCC1)NC1CCCCC1. The molecule has 2 rings (SSSR count). The molecule has 3 heteroatoms. The van der Waals surface area contributed by atoms with Gasteiger partial charge in [-0.15, -0.1) is 0 Å². The fourth-order valence-corrected chi connectivity index (χ4v) is 2.76. The molecule has 0 spiro atoms. The van der Waals surface area contributed by atoms with Crippen molar-refractivity contribution < 1.29 is 4.79 Å². The molecule has 17 heavy (non-hydrogen) atoms. The van der Waals surface area contributed by atoms with E-state index in [4.69, 9.17) is 0 Å². The molecule has 2 aliphatic rings. The van der Waals surface area contributed by atoms with Crippen LogP contribution in [0.1, 0.15) is 51.4 Å². The molecule has 2 N–H and O–H groups in total. The van der Waals surface area contributed by atoms with Crippen molar-refractivity contribution >= 4 is 6.03 Å². The van der Waals surface area contributed by atoms with Gasteiger partial charge in [0.1, 0.15) is 0 Å². The average Bonchev–Trinajstić information content (AvgIpc) is 2.39. The second-order valence-corrected chi connectivity index (χ2v) is 5.34. The number of nitrogens with one attached hydrogen (secondary N) is 2. The van der Waals surface area contributed by atoms with Crippen molar-refractivity contribution in [1.82, 2.24) is 10.6 Å². The molecule has 0 aliphatic heterocycles. The molecule has 1 fully saturated rings. The molecule has 3 nitrogen and oxygen atoms in total. The highest BCUT2D eigenvalue weighted by atomic mass is 16.2. The molecule has 2 aliphatic carbocycles. The molecule has 0 saturated heterocycles. The second kappa shape index (κ2) is 6.67. The lowest BCUT2D eigenvalue weighted by Gasteiger charge is -2.24. The van der Waals surface area contributed by atoms with Crippen LogP contribution in [0.4, 0.5) is 4.79 Å². The van der Waals surface area contributed by atoms with Crippen LogP contribution in [-0.2, 0) is 0 Å². The number of hydrogen-bond donors (Lipinski definition) is 2. The topological polar surface area (TPSA) is 41.1 Å². The van der Waals surface area contributed by atoms with Gasteiger partial charge in [-0.05, 0) is 38.0 Å². The van der Waals surface area contributed by atoms with Gasteiger partial charge in [-0.1, -0.05) is 31.4 Å². The van der Waals surface area contributed by atoms with E-state index in [1.807, 2.05) is 0 Å². The maximum atomic E-state index is 11.7. The highest BCUT2D eigenvalue weighted by molar-refractivity contribution is 5.74. The van der Waals surface area contributed by atoms with Crippen LogP contribution in [0.2, 0.25) is 0 Å². The number of urea groups is 1. The fraction of sp³-hybridized carbons (Fsp3) is 0.786. The van der Waals surface area contributed by atoms with Crippen LogP contribution in [0.25, 0.3) is 0 Å². The molecule has 1 unspecified atom stereocenters. The minimum absolute atomic E-state index is 0.0338. The molecule has 0 heterocycles. The Kier molecular flexibility index (Phi) is 4.89. The number of allylic oxidation sites excluding steroid dienone is 2. The summed E-state index contributed by atoms with van der Waals surface area (Å²) in [4.78, 5) is 11.7. The van der Waals surface area contributed by atoms with Crippen LogP contribution in [0.15, 0.2) is 12.2 Å². The van der Waals surface area contributed by atoms with Gasteiger partial charge in [0.25, 0.3) is 0 Å². The smallest absolute Gasteiger partial charge is 0.315 e. The Hall–Kier alpha value is -0.990. The van der Waals surface area contributed by atoms with Crippen molar-refractivity contribution in [2.75, 3.05) is 6.54 Å². The second-order valence-electron chi connectivity index (χ2n) is 5.34. The lowest BCUT2D eigenvalue weighted by molar-refractivity contribution is 0.230. The summed E-state index contributed by atoms with van der Waals surface area (Å²) in [5.74, 6) is 0.636. The van der Waals surface area contributed by atoms with Gasteiger partial charge < -0.3 is 10.6 Å². The summed E-state index contributed by atoms with van der Waals surface area (Å²) in [6.45, 7) is 0.822. The van der Waals surface area contributed by atoms with E-state index in [0.717, 1.165) is 32.2 Å². The number of rotatable bonds is 3. The summed E-state index contributed by atoms with van der Waals surface area (Å²) in [6, 6.07) is 0.446. The van der Waals surface area contributed by atoms with E-state index < -0.39 is 0 Å². The van der Waals surface area contributed by atoms with E-state index in [-0.39, 0.29) is 6.03 Å². The number of carbonyl (C=O) groups is 1. The first-order valence-corrected chi connectivity index (χ1v) is 7.04. The highest BCUT2D eigenvalue weighted by Crippen LogP contribution is 2.18. The molecule has 2 amide bonds. The van der Waals surface area contributed by atoms with Gasteiger partial charge in [0, 0.05) is 12.6 Å². The Balaban J connectivity index is 1.61. The number of carbonyl (C=O) groups excluding carboxylic acids is 1. The Morgan fingerprint density at radius 1 is 1.12 bits per heavy atom. The van der Waals surface area contributed by atoms with Gasteiger partial charge in [-0.25, -0.2) is 4.79 Å². The van der Waals surface area contributed by atoms with E-state index in [2.05, 4.69) is 22.8 Å². The van der Waals surface area contributed by atoms with Crippen LogP contribution in [0.3, 0.4) is 0 Å². The number of hydrogen-bond acceptors (Lipinski definition) is 1. The Morgan fingerprint density at radius 3 is 2.65 bits per heavy atom. The van der Waals surface area contributed by atoms with Crippen molar-refractivity contribution in [2.24, 2.45) is 5.92 Å². The summed E-state index contributed by atoms with van der Waals surface area (Å²) >= 11 is 0. The average molecular weight is 236 g/mol. The summed E-state index contributed by atoms with van der Waals surface area (Å²) < 4.78 is 0. The standard InChI is InChI=1S/C14H24N2O/c17-14(16-13-9-5-2-6-10-13)15-11-12-7-3-1-4-8-12/h1,3,12-13H,2,4-11H2,(H2,15,16,17). The molecule has 1 saturated carbocycles. The Bertz CT molecular complexity index is 269. The van der Waals surface area contributed by atoms with Crippen molar-refractivity contribution in [3.8, 4) is 0 Å². The first-order valence-electron chi connectivity index (χ1n) is 7.04. The van der Waals surface area contributed by atoms with Gasteiger partial charge in [0.05, 0.1) is 0 Å². The quantitative estimate of drug-likeness (QED) is 0.727. The van der Waals surface area contributed by atoms with Gasteiger partial charge >= 0.3 is 6.03 Å². The molecule has 0 aromatic rings. The zero-order chi connectivity index (χ0) is 11.9. The van der Waals surface area contributed by atoms with E-state index in [1.54, 1.807) is 0 Å². The Morgan fingerprint density at radius 2 is 1.94 bits per heavy atom. The van der Waals surface area contributed by atoms with Crippen molar-refractivity contribution in [3.63, 3.8) is 0 Å². The third-order valence-corrected chi connectivity index (χ3v) is 3.87. The van der Waals surface area contributed by atoms with E-state index in [0.29, 0.717) is 12.0 Å². The monoisotopic (exact) mass is 236 g/mol. The van der Waals surface area contributed by atoms with Crippen LogP contribution in [0.5, 0.6) is 0 Å². The first-order chi connectivity index (χ1) is 8.34. The molecule has 0 radical (unpaired) electrons. The maximum absolute atomic E-state index is 11.7. The number of amides is 2. The van der Waals surface area contributed by atoms with E-state index in [1.165, 1.54) is 25.7 Å². The largest absolute Gasteiger partial charge is 0.338 e. The van der Waals surface area contributed by atoms with Gasteiger partial charge in [-0.3, -0.25) is 0 Å². The highest BCUT2D eigenvalue weighted by Gasteiger charge is 2.16. The summed E-state index contributed by atoms with van der Waals surface area (Å²) in [5, 5.41) is 6.11. The normalized spacial score (nSPS) is 25.5. The van der Waals surface area contributed by atoms with Gasteiger partial charge in [0.15, 0.2) is 0 Å². The van der Waals surface area contributed by atoms with Crippen LogP contribution >= 0.6 is 0 Å². The van der Waals surface area contributed by atoms with E-state index in [9.17, 15) is 4.79 Å². The van der Waals surface area contributed by atoms with Crippen molar-refractivity contribution in [1.29, 1.82) is 0 Å². The summed E-state index contributed by atoms with van der Waals surface area (Å²) in [6.07, 6.45) is 14.1. The van der Waals surface area contributed by atoms with Gasteiger partial charge in [-0.2, -0.15) is 0 Å². The zero-order valence-corrected chi connectivity index (χ0v) is 10.6. The molecular weight excluding hydrogens is 212 g/mol. The Labute approximate surface area is 104 Å². The van der Waals surface area contributed by atoms with Crippen LogP contribution in [-0.4, -0.2) is 18.6 Å². The molecule has 0 aromatic heterocycles. The molecule has 0 aromatic carbocycles. The molecule has 0 bridgehead atoms. The minimum atomic E-state index is 0.0338. The third kappa shape index (κ3) is 4.41. The van der Waals surface area contributed by atoms with Crippen molar-refractivity contribution in [2.45, 2.75) is 57.4 Å².